The molecule has 1 heterocycles. The van der Waals surface area contributed by atoms with E-state index in [0.717, 1.165) is 32.1 Å². The van der Waals surface area contributed by atoms with Crippen molar-refractivity contribution in [3.8, 4) is 0 Å². The lowest BCUT2D eigenvalue weighted by atomic mass is 9.93. The molecule has 0 unspecified atom stereocenters. The summed E-state index contributed by atoms with van der Waals surface area (Å²) < 4.78 is 29.0. The smallest absolute Gasteiger partial charge is 0.338 e. The van der Waals surface area contributed by atoms with Crippen LogP contribution < -0.4 is 0 Å². The number of carbonyl (C=O) groups is 2. The van der Waals surface area contributed by atoms with Gasteiger partial charge in [0, 0.05) is 12.1 Å². The summed E-state index contributed by atoms with van der Waals surface area (Å²) in [6, 6.07) is 8.28. The number of nitrogens with zero attached hydrogens (tertiary/aromatic N) is 1. The number of hydrogen-bond acceptors (Lipinski definition) is 5. The van der Waals surface area contributed by atoms with E-state index in [-0.39, 0.29) is 36.1 Å². The van der Waals surface area contributed by atoms with Crippen LogP contribution in [0.2, 0.25) is 0 Å². The number of carbonyl (C=O) groups excluding carboxylic acids is 2. The maximum absolute atomic E-state index is 12.8. The van der Waals surface area contributed by atoms with Gasteiger partial charge in [0.1, 0.15) is 0 Å². The Morgan fingerprint density at radius 2 is 1.69 bits per heavy atom. The molecule has 0 N–H and O–H groups in total. The van der Waals surface area contributed by atoms with Gasteiger partial charge in [-0.1, -0.05) is 37.5 Å². The maximum atomic E-state index is 12.8. The van der Waals surface area contributed by atoms with Gasteiger partial charge in [0.25, 0.3) is 5.91 Å². The second-order valence-corrected chi connectivity index (χ2v) is 9.32. The van der Waals surface area contributed by atoms with Crippen LogP contribution in [0.4, 0.5) is 0 Å². The molecule has 0 bridgehead atoms. The molecule has 3 rings (SSSR count). The summed E-state index contributed by atoms with van der Waals surface area (Å²) in [5.41, 5.74) is 0.396. The molecule has 2 aliphatic rings. The number of esters is 1. The Hall–Kier alpha value is -1.89. The van der Waals surface area contributed by atoms with Gasteiger partial charge in [0.05, 0.1) is 17.1 Å². The van der Waals surface area contributed by atoms with Crippen LogP contribution in [0.3, 0.4) is 0 Å². The summed E-state index contributed by atoms with van der Waals surface area (Å²) in [5.74, 6) is -0.690. The molecule has 142 valence electrons. The molecule has 1 atom stereocenters. The zero-order valence-electron chi connectivity index (χ0n) is 14.8. The van der Waals surface area contributed by atoms with Crippen molar-refractivity contribution >= 4 is 21.7 Å². The Labute approximate surface area is 154 Å². The van der Waals surface area contributed by atoms with Crippen LogP contribution in [-0.4, -0.2) is 55.4 Å². The average Bonchev–Trinajstić information content (AvgIpc) is 3.01. The summed E-state index contributed by atoms with van der Waals surface area (Å²) in [7, 11) is -3.09. The van der Waals surface area contributed by atoms with Crippen molar-refractivity contribution in [1.29, 1.82) is 0 Å². The molecule has 1 amide bonds. The average molecular weight is 379 g/mol. The van der Waals surface area contributed by atoms with Gasteiger partial charge in [-0.2, -0.15) is 0 Å². The molecule has 1 aromatic rings. The highest BCUT2D eigenvalue weighted by Crippen LogP contribution is 2.28. The third-order valence-electron chi connectivity index (χ3n) is 5.19. The van der Waals surface area contributed by atoms with Crippen LogP contribution in [-0.2, 0) is 19.4 Å². The highest BCUT2D eigenvalue weighted by atomic mass is 32.2. The molecule has 0 radical (unpaired) electrons. The molecule has 1 saturated carbocycles. The zero-order chi connectivity index (χ0) is 18.6. The first-order valence-electron chi connectivity index (χ1n) is 9.20. The van der Waals surface area contributed by atoms with E-state index in [2.05, 4.69) is 0 Å². The Balaban J connectivity index is 1.67. The van der Waals surface area contributed by atoms with Crippen LogP contribution in [0.15, 0.2) is 30.3 Å². The van der Waals surface area contributed by atoms with Crippen molar-refractivity contribution in [2.75, 3.05) is 18.1 Å². The first-order valence-corrected chi connectivity index (χ1v) is 11.0. The minimum absolute atomic E-state index is 0.0157. The molecular formula is C19H25NO5S. The normalized spacial score (nSPS) is 22.7. The van der Waals surface area contributed by atoms with Crippen molar-refractivity contribution < 1.29 is 22.7 Å². The fourth-order valence-electron chi connectivity index (χ4n) is 3.92. The van der Waals surface area contributed by atoms with E-state index in [0.29, 0.717) is 12.0 Å². The molecule has 26 heavy (non-hydrogen) atoms. The third-order valence-corrected chi connectivity index (χ3v) is 6.94. The van der Waals surface area contributed by atoms with E-state index < -0.39 is 15.8 Å². The van der Waals surface area contributed by atoms with E-state index in [1.165, 1.54) is 0 Å². The fourth-order valence-corrected chi connectivity index (χ4v) is 5.63. The van der Waals surface area contributed by atoms with Gasteiger partial charge in [-0.25, -0.2) is 13.2 Å². The van der Waals surface area contributed by atoms with Gasteiger partial charge >= 0.3 is 5.97 Å². The highest BCUT2D eigenvalue weighted by molar-refractivity contribution is 7.91. The van der Waals surface area contributed by atoms with Crippen LogP contribution in [0.5, 0.6) is 0 Å². The summed E-state index contributed by atoms with van der Waals surface area (Å²) in [6.07, 6.45) is 5.46. The molecule has 0 spiro atoms. The molecule has 6 nitrogen and oxygen atoms in total. The predicted octanol–water partition coefficient (Wildman–Crippen LogP) is 2.19. The fraction of sp³-hybridized carbons (Fsp3) is 0.579. The van der Waals surface area contributed by atoms with Crippen molar-refractivity contribution in [3.05, 3.63) is 35.9 Å². The Kier molecular flexibility index (Phi) is 5.96. The van der Waals surface area contributed by atoms with E-state index in [4.69, 9.17) is 4.74 Å². The molecule has 0 aromatic heterocycles. The van der Waals surface area contributed by atoms with Gasteiger partial charge in [-0.3, -0.25) is 4.79 Å². The summed E-state index contributed by atoms with van der Waals surface area (Å²) in [5, 5.41) is 0. The number of ether oxygens (including phenoxy) is 1. The van der Waals surface area contributed by atoms with Crippen molar-refractivity contribution in [2.45, 2.75) is 50.6 Å². The van der Waals surface area contributed by atoms with Crippen molar-refractivity contribution in [1.82, 2.24) is 4.90 Å². The Morgan fingerprint density at radius 1 is 1.00 bits per heavy atom. The third kappa shape index (κ3) is 4.63. The SMILES string of the molecule is O=C(OCC(=O)N(C1CCCCC1)[C@@H]1CCS(=O)(=O)C1)c1ccccc1. The zero-order valence-corrected chi connectivity index (χ0v) is 15.6. The largest absolute Gasteiger partial charge is 0.452 e. The lowest BCUT2D eigenvalue weighted by Crippen LogP contribution is -2.50. The van der Waals surface area contributed by atoms with E-state index in [1.54, 1.807) is 35.2 Å². The van der Waals surface area contributed by atoms with Gasteiger partial charge in [-0.15, -0.1) is 0 Å². The summed E-state index contributed by atoms with van der Waals surface area (Å²) >= 11 is 0. The number of hydrogen-bond donors (Lipinski definition) is 0. The van der Waals surface area contributed by atoms with Crippen LogP contribution in [0.1, 0.15) is 48.9 Å². The van der Waals surface area contributed by atoms with Gasteiger partial charge in [-0.05, 0) is 31.4 Å². The first-order chi connectivity index (χ1) is 12.5. The number of rotatable bonds is 5. The Bertz CT molecular complexity index is 740. The Morgan fingerprint density at radius 3 is 2.31 bits per heavy atom. The number of sulfone groups is 1. The second kappa shape index (κ2) is 8.20. The van der Waals surface area contributed by atoms with E-state index in [1.807, 2.05) is 0 Å². The van der Waals surface area contributed by atoms with Crippen LogP contribution in [0, 0.1) is 0 Å². The van der Waals surface area contributed by atoms with Crippen LogP contribution in [0.25, 0.3) is 0 Å². The molecule has 1 saturated heterocycles. The molecule has 1 aliphatic heterocycles. The highest BCUT2D eigenvalue weighted by Gasteiger charge is 2.38. The standard InChI is InChI=1S/C19H25NO5S/c21-18(13-25-19(22)15-7-3-1-4-8-15)20(16-9-5-2-6-10-16)17-11-12-26(23,24)14-17/h1,3-4,7-8,16-17H,2,5-6,9-14H2/t17-/m1/s1. The molecule has 1 aromatic carbocycles. The summed E-state index contributed by atoms with van der Waals surface area (Å²) in [4.78, 5) is 26.6. The topological polar surface area (TPSA) is 80.8 Å². The molecular weight excluding hydrogens is 354 g/mol. The minimum atomic E-state index is -3.09. The predicted molar refractivity (Wildman–Crippen MR) is 97.5 cm³/mol. The number of amides is 1. The van der Waals surface area contributed by atoms with Gasteiger partial charge in [0.2, 0.25) is 0 Å². The van der Waals surface area contributed by atoms with E-state index in [9.17, 15) is 18.0 Å². The second-order valence-electron chi connectivity index (χ2n) is 7.09. The minimum Gasteiger partial charge on any atom is -0.452 e. The van der Waals surface area contributed by atoms with Crippen molar-refractivity contribution in [3.63, 3.8) is 0 Å². The quantitative estimate of drug-likeness (QED) is 0.733. The lowest BCUT2D eigenvalue weighted by molar-refractivity contribution is -0.140. The van der Waals surface area contributed by atoms with Crippen molar-refractivity contribution in [2.24, 2.45) is 0 Å². The van der Waals surface area contributed by atoms with E-state index >= 15 is 0 Å². The molecule has 2 fully saturated rings. The van der Waals surface area contributed by atoms with Crippen LogP contribution >= 0.6 is 0 Å². The van der Waals surface area contributed by atoms with Gasteiger partial charge < -0.3 is 9.64 Å². The molecule has 1 aliphatic carbocycles. The van der Waals surface area contributed by atoms with Gasteiger partial charge in [0.15, 0.2) is 16.4 Å². The lowest BCUT2D eigenvalue weighted by Gasteiger charge is -2.38. The molecule has 7 heteroatoms. The number of benzene rings is 1. The maximum Gasteiger partial charge on any atom is 0.338 e. The monoisotopic (exact) mass is 379 g/mol. The summed E-state index contributed by atoms with van der Waals surface area (Å²) in [6.45, 7) is -0.346. The first kappa shape index (κ1) is 18.9.